The van der Waals surface area contributed by atoms with Gasteiger partial charge in [0.25, 0.3) is 5.91 Å². The maximum Gasteiger partial charge on any atom is 0.257 e. The molecule has 1 amide bonds. The predicted octanol–water partition coefficient (Wildman–Crippen LogP) is 5.84. The van der Waals surface area contributed by atoms with Crippen molar-refractivity contribution in [3.63, 3.8) is 0 Å². The molecule has 3 rings (SSSR count). The second kappa shape index (κ2) is 10.2. The van der Waals surface area contributed by atoms with Crippen LogP contribution in [0.25, 0.3) is 11.3 Å². The van der Waals surface area contributed by atoms with Crippen molar-refractivity contribution in [2.45, 2.75) is 19.8 Å². The lowest BCUT2D eigenvalue weighted by Crippen LogP contribution is -2.16. The number of rotatable bonds is 8. The van der Waals surface area contributed by atoms with E-state index in [0.717, 1.165) is 11.3 Å². The second-order valence-corrected chi connectivity index (χ2v) is 7.65. The zero-order chi connectivity index (χ0) is 21.5. The Kier molecular flexibility index (Phi) is 7.44. The third-order valence-corrected chi connectivity index (χ3v) is 5.06. The smallest absolute Gasteiger partial charge is 0.257 e. The van der Waals surface area contributed by atoms with Crippen LogP contribution in [0.5, 0.6) is 0 Å². The number of hydrogen-bond acceptors (Lipinski definition) is 4. The van der Waals surface area contributed by atoms with Crippen molar-refractivity contribution in [2.75, 3.05) is 30.9 Å². The van der Waals surface area contributed by atoms with Crippen molar-refractivity contribution in [3.8, 4) is 11.3 Å². The molecule has 1 heterocycles. The fraction of sp³-hybridized carbons (Fsp3) is 0.250. The van der Waals surface area contributed by atoms with Gasteiger partial charge in [-0.1, -0.05) is 43.6 Å². The molecule has 2 N–H and O–H groups in total. The van der Waals surface area contributed by atoms with Crippen LogP contribution in [-0.4, -0.2) is 31.2 Å². The molecule has 1 aromatic heterocycles. The molecule has 0 spiro atoms. The van der Waals surface area contributed by atoms with Gasteiger partial charge >= 0.3 is 0 Å². The summed E-state index contributed by atoms with van der Waals surface area (Å²) in [6.45, 7) is 5.37. The monoisotopic (exact) mass is 423 g/mol. The van der Waals surface area contributed by atoms with E-state index in [1.807, 2.05) is 36.4 Å². The molecule has 0 aliphatic rings. The lowest BCUT2D eigenvalue weighted by molar-refractivity contribution is 0.102. The van der Waals surface area contributed by atoms with Gasteiger partial charge < -0.3 is 15.4 Å². The van der Waals surface area contributed by atoms with Crippen LogP contribution in [0.2, 0.25) is 5.02 Å². The summed E-state index contributed by atoms with van der Waals surface area (Å²) >= 11 is 6.30. The van der Waals surface area contributed by atoms with Gasteiger partial charge in [-0.3, -0.25) is 9.78 Å². The van der Waals surface area contributed by atoms with Gasteiger partial charge in [-0.25, -0.2) is 0 Å². The summed E-state index contributed by atoms with van der Waals surface area (Å²) in [7, 11) is 1.64. The third-order valence-electron chi connectivity index (χ3n) is 4.75. The molecular formula is C24H26ClN3O2. The molecule has 0 radical (unpaired) electrons. The van der Waals surface area contributed by atoms with E-state index in [0.29, 0.717) is 41.0 Å². The summed E-state index contributed by atoms with van der Waals surface area (Å²) in [5.74, 6) is 0.253. The number of carbonyl (C=O) groups excluding carboxylic acids is 1. The fourth-order valence-corrected chi connectivity index (χ4v) is 3.30. The van der Waals surface area contributed by atoms with Crippen LogP contribution in [0.1, 0.15) is 35.7 Å². The van der Waals surface area contributed by atoms with Gasteiger partial charge in [-0.05, 0) is 47.9 Å². The van der Waals surface area contributed by atoms with Gasteiger partial charge in [0.15, 0.2) is 0 Å². The number of halogens is 1. The molecule has 0 saturated carbocycles. The number of methoxy groups -OCH3 is 1. The van der Waals surface area contributed by atoms with E-state index in [1.165, 1.54) is 5.56 Å². The number of hydrogen-bond donors (Lipinski definition) is 2. The number of amides is 1. The minimum atomic E-state index is -0.189. The third kappa shape index (κ3) is 5.38. The number of nitrogens with zero attached hydrogens (tertiary/aromatic N) is 1. The predicted molar refractivity (Wildman–Crippen MR) is 124 cm³/mol. The summed E-state index contributed by atoms with van der Waals surface area (Å²) in [6.07, 6.45) is 1.70. The molecule has 3 aromatic rings. The molecule has 156 valence electrons. The van der Waals surface area contributed by atoms with Gasteiger partial charge in [0.2, 0.25) is 0 Å². The Labute approximate surface area is 182 Å². The van der Waals surface area contributed by atoms with Crippen LogP contribution < -0.4 is 10.6 Å². The molecule has 0 fully saturated rings. The van der Waals surface area contributed by atoms with Crippen molar-refractivity contribution < 1.29 is 9.53 Å². The second-order valence-electron chi connectivity index (χ2n) is 7.24. The van der Waals surface area contributed by atoms with Crippen LogP contribution in [-0.2, 0) is 4.74 Å². The number of carbonyl (C=O) groups is 1. The highest BCUT2D eigenvalue weighted by atomic mass is 35.5. The number of anilines is 2. The number of pyridine rings is 1. The quantitative estimate of drug-likeness (QED) is 0.447. The molecule has 0 aliphatic carbocycles. The first-order valence-corrected chi connectivity index (χ1v) is 10.3. The van der Waals surface area contributed by atoms with E-state index >= 15 is 0 Å². The molecule has 0 bridgehead atoms. The standard InChI is InChI=1S/C24H26ClN3O2/c1-16(2)17-6-9-19(10-7-17)28-24(29)20-11-8-18(15-22(20)26-13-14-30-3)23-21(25)5-4-12-27-23/h4-12,15-16,26H,13-14H2,1-3H3,(H,28,29). The number of nitrogens with one attached hydrogen (secondary N) is 2. The highest BCUT2D eigenvalue weighted by molar-refractivity contribution is 6.33. The Morgan fingerprint density at radius 3 is 2.57 bits per heavy atom. The average molecular weight is 424 g/mol. The first kappa shape index (κ1) is 21.8. The highest BCUT2D eigenvalue weighted by Gasteiger charge is 2.15. The first-order valence-electron chi connectivity index (χ1n) is 9.88. The lowest BCUT2D eigenvalue weighted by atomic mass is 10.0. The molecule has 5 nitrogen and oxygen atoms in total. The molecule has 0 unspecified atom stereocenters. The lowest BCUT2D eigenvalue weighted by Gasteiger charge is -2.15. The topological polar surface area (TPSA) is 63.2 Å². The largest absolute Gasteiger partial charge is 0.383 e. The van der Waals surface area contributed by atoms with Crippen molar-refractivity contribution in [1.29, 1.82) is 0 Å². The van der Waals surface area contributed by atoms with E-state index in [-0.39, 0.29) is 5.91 Å². The van der Waals surface area contributed by atoms with E-state index in [4.69, 9.17) is 16.3 Å². The maximum atomic E-state index is 13.0. The zero-order valence-electron chi connectivity index (χ0n) is 17.4. The maximum absolute atomic E-state index is 13.0. The Bertz CT molecular complexity index is 1000. The molecule has 0 saturated heterocycles. The Morgan fingerprint density at radius 1 is 1.13 bits per heavy atom. The van der Waals surface area contributed by atoms with Crippen molar-refractivity contribution >= 4 is 28.9 Å². The number of ether oxygens (including phenoxy) is 1. The number of benzene rings is 2. The van der Waals surface area contributed by atoms with E-state index in [2.05, 4.69) is 29.5 Å². The highest BCUT2D eigenvalue weighted by Crippen LogP contribution is 2.29. The average Bonchev–Trinajstić information content (AvgIpc) is 2.74. The number of aromatic nitrogens is 1. The van der Waals surface area contributed by atoms with Gasteiger partial charge in [0.1, 0.15) is 0 Å². The van der Waals surface area contributed by atoms with E-state index in [1.54, 1.807) is 31.5 Å². The zero-order valence-corrected chi connectivity index (χ0v) is 18.2. The van der Waals surface area contributed by atoms with Crippen LogP contribution in [0.4, 0.5) is 11.4 Å². The molecule has 2 aromatic carbocycles. The first-order chi connectivity index (χ1) is 14.5. The normalized spacial score (nSPS) is 10.8. The van der Waals surface area contributed by atoms with Crippen LogP contribution in [0.15, 0.2) is 60.8 Å². The molecule has 6 heteroatoms. The minimum Gasteiger partial charge on any atom is -0.383 e. The summed E-state index contributed by atoms with van der Waals surface area (Å²) in [5, 5.41) is 6.81. The molecular weight excluding hydrogens is 398 g/mol. The molecule has 30 heavy (non-hydrogen) atoms. The van der Waals surface area contributed by atoms with E-state index < -0.39 is 0 Å². The Balaban J connectivity index is 1.88. The van der Waals surface area contributed by atoms with E-state index in [9.17, 15) is 4.79 Å². The summed E-state index contributed by atoms with van der Waals surface area (Å²) in [6, 6.07) is 17.0. The Morgan fingerprint density at radius 2 is 1.90 bits per heavy atom. The molecule has 0 aliphatic heterocycles. The van der Waals surface area contributed by atoms with Crippen molar-refractivity contribution in [2.24, 2.45) is 0 Å². The summed E-state index contributed by atoms with van der Waals surface area (Å²) in [4.78, 5) is 17.3. The van der Waals surface area contributed by atoms with Crippen molar-refractivity contribution in [1.82, 2.24) is 4.98 Å². The van der Waals surface area contributed by atoms with Crippen LogP contribution in [0, 0.1) is 0 Å². The fourth-order valence-electron chi connectivity index (χ4n) is 3.07. The van der Waals surface area contributed by atoms with Crippen molar-refractivity contribution in [3.05, 3.63) is 76.9 Å². The Hall–Kier alpha value is -2.89. The SMILES string of the molecule is COCCNc1cc(-c2ncccc2Cl)ccc1C(=O)Nc1ccc(C(C)C)cc1. The van der Waals surface area contributed by atoms with Gasteiger partial charge in [-0.15, -0.1) is 0 Å². The van der Waals surface area contributed by atoms with Crippen LogP contribution >= 0.6 is 11.6 Å². The van der Waals surface area contributed by atoms with Gasteiger partial charge in [0, 0.05) is 36.8 Å². The van der Waals surface area contributed by atoms with Crippen LogP contribution in [0.3, 0.4) is 0 Å². The summed E-state index contributed by atoms with van der Waals surface area (Å²) < 4.78 is 5.13. The minimum absolute atomic E-state index is 0.189. The molecule has 0 atom stereocenters. The van der Waals surface area contributed by atoms with Gasteiger partial charge in [0.05, 0.1) is 22.9 Å². The summed E-state index contributed by atoms with van der Waals surface area (Å²) in [5.41, 5.74) is 4.72. The van der Waals surface area contributed by atoms with Gasteiger partial charge in [-0.2, -0.15) is 0 Å².